The highest BCUT2D eigenvalue weighted by Crippen LogP contribution is 2.43. The Morgan fingerprint density at radius 3 is 1.65 bits per heavy atom. The van der Waals surface area contributed by atoms with Gasteiger partial charge in [0.1, 0.15) is 5.52 Å². The summed E-state index contributed by atoms with van der Waals surface area (Å²) in [4.78, 5) is 9.95. The van der Waals surface area contributed by atoms with E-state index >= 15 is 0 Å². The van der Waals surface area contributed by atoms with Crippen molar-refractivity contribution < 1.29 is 4.42 Å². The molecule has 3 nitrogen and oxygen atoms in total. The molecule has 49 heavy (non-hydrogen) atoms. The van der Waals surface area contributed by atoms with Crippen LogP contribution in [0.4, 0.5) is 0 Å². The summed E-state index contributed by atoms with van der Waals surface area (Å²) in [6, 6.07) is 63.5. The van der Waals surface area contributed by atoms with Crippen LogP contribution in [0.1, 0.15) is 0 Å². The fraction of sp³-hybridized carbons (Fsp3) is 0. The van der Waals surface area contributed by atoms with Crippen molar-refractivity contribution in [2.24, 2.45) is 0 Å². The SMILES string of the molecule is c1ccc(-c2cc(-c3ccccc3-c3ccc4ccccc4c3-c3ccc4nc(-c5ccccc5)oc4c3)cc(-c3ccccc3)n2)cc1. The maximum atomic E-state index is 6.36. The third-order valence-electron chi connectivity index (χ3n) is 9.12. The normalized spacial score (nSPS) is 11.3. The lowest BCUT2D eigenvalue weighted by Gasteiger charge is -2.18. The zero-order chi connectivity index (χ0) is 32.6. The highest BCUT2D eigenvalue weighted by Gasteiger charge is 2.18. The minimum atomic E-state index is 0.623. The first kappa shape index (κ1) is 28.6. The Hall–Kier alpha value is -6.58. The van der Waals surface area contributed by atoms with Gasteiger partial charge in [0.15, 0.2) is 5.58 Å². The monoisotopic (exact) mass is 626 g/mol. The van der Waals surface area contributed by atoms with Gasteiger partial charge < -0.3 is 4.42 Å². The van der Waals surface area contributed by atoms with Crippen molar-refractivity contribution in [1.82, 2.24) is 9.97 Å². The van der Waals surface area contributed by atoms with Gasteiger partial charge in [0.05, 0.1) is 11.4 Å². The van der Waals surface area contributed by atoms with Crippen LogP contribution in [0.25, 0.3) is 89.2 Å². The van der Waals surface area contributed by atoms with Crippen LogP contribution in [0.3, 0.4) is 0 Å². The van der Waals surface area contributed by atoms with E-state index in [1.54, 1.807) is 0 Å². The van der Waals surface area contributed by atoms with Gasteiger partial charge in [-0.15, -0.1) is 0 Å². The lowest BCUT2D eigenvalue weighted by molar-refractivity contribution is 0.620. The topological polar surface area (TPSA) is 38.9 Å². The highest BCUT2D eigenvalue weighted by molar-refractivity contribution is 6.07. The molecule has 3 heteroatoms. The molecular formula is C46H30N2O. The van der Waals surface area contributed by atoms with E-state index in [0.717, 1.165) is 72.6 Å². The smallest absolute Gasteiger partial charge is 0.227 e. The van der Waals surface area contributed by atoms with Crippen molar-refractivity contribution in [3.8, 4) is 67.3 Å². The van der Waals surface area contributed by atoms with E-state index in [9.17, 15) is 0 Å². The van der Waals surface area contributed by atoms with Crippen LogP contribution < -0.4 is 0 Å². The molecule has 9 aromatic rings. The predicted molar refractivity (Wildman–Crippen MR) is 202 cm³/mol. The molecule has 0 aliphatic carbocycles. The third-order valence-corrected chi connectivity index (χ3v) is 9.12. The Labute approximate surface area is 284 Å². The molecule has 2 aromatic heterocycles. The first-order valence-electron chi connectivity index (χ1n) is 16.5. The zero-order valence-corrected chi connectivity index (χ0v) is 26.6. The Balaban J connectivity index is 1.26. The first-order valence-corrected chi connectivity index (χ1v) is 16.5. The van der Waals surface area contributed by atoms with E-state index in [2.05, 4.69) is 140 Å². The summed E-state index contributed by atoms with van der Waals surface area (Å²) < 4.78 is 6.36. The summed E-state index contributed by atoms with van der Waals surface area (Å²) in [5.74, 6) is 0.623. The number of aromatic nitrogens is 2. The summed E-state index contributed by atoms with van der Waals surface area (Å²) in [5, 5.41) is 2.37. The van der Waals surface area contributed by atoms with Crippen molar-refractivity contribution in [3.05, 3.63) is 182 Å². The van der Waals surface area contributed by atoms with Gasteiger partial charge in [-0.2, -0.15) is 0 Å². The number of rotatable bonds is 6. The van der Waals surface area contributed by atoms with Crippen LogP contribution in [-0.2, 0) is 0 Å². The molecule has 0 atom stereocenters. The molecule has 0 unspecified atom stereocenters. The largest absolute Gasteiger partial charge is 0.436 e. The Kier molecular flexibility index (Phi) is 7.14. The quantitative estimate of drug-likeness (QED) is 0.184. The van der Waals surface area contributed by atoms with Crippen LogP contribution in [-0.4, -0.2) is 9.97 Å². The molecule has 230 valence electrons. The first-order chi connectivity index (χ1) is 24.3. The minimum Gasteiger partial charge on any atom is -0.436 e. The van der Waals surface area contributed by atoms with Gasteiger partial charge in [-0.05, 0) is 80.6 Å². The van der Waals surface area contributed by atoms with E-state index in [-0.39, 0.29) is 0 Å². The van der Waals surface area contributed by atoms with Crippen LogP contribution in [0.5, 0.6) is 0 Å². The number of pyridine rings is 1. The van der Waals surface area contributed by atoms with Gasteiger partial charge >= 0.3 is 0 Å². The summed E-state index contributed by atoms with van der Waals surface area (Å²) in [5.41, 5.74) is 13.4. The second-order valence-corrected chi connectivity index (χ2v) is 12.2. The van der Waals surface area contributed by atoms with E-state index < -0.39 is 0 Å². The van der Waals surface area contributed by atoms with Crippen LogP contribution in [0, 0.1) is 0 Å². The number of nitrogens with zero attached hydrogens (tertiary/aromatic N) is 2. The average Bonchev–Trinajstić information content (AvgIpc) is 3.62. The van der Waals surface area contributed by atoms with Crippen LogP contribution >= 0.6 is 0 Å². The van der Waals surface area contributed by atoms with Crippen molar-refractivity contribution in [2.75, 3.05) is 0 Å². The summed E-state index contributed by atoms with van der Waals surface area (Å²) in [7, 11) is 0. The summed E-state index contributed by atoms with van der Waals surface area (Å²) >= 11 is 0. The van der Waals surface area contributed by atoms with Gasteiger partial charge in [-0.1, -0.05) is 146 Å². The van der Waals surface area contributed by atoms with Gasteiger partial charge in [0.25, 0.3) is 0 Å². The molecule has 0 radical (unpaired) electrons. The Morgan fingerprint density at radius 2 is 0.959 bits per heavy atom. The standard InChI is InChI=1S/C46H30N2O/c1-4-15-32(16-5-1)42-28-36(29-43(47-42)33-17-6-2-7-18-33)37-21-12-13-23-39(37)40-26-24-31-14-10-11-22-38(31)45(40)35-25-27-41-44(30-35)49-46(48-41)34-19-8-3-9-20-34/h1-30H. The molecule has 0 saturated carbocycles. The molecule has 9 rings (SSSR count). The highest BCUT2D eigenvalue weighted by atomic mass is 16.3. The second-order valence-electron chi connectivity index (χ2n) is 12.2. The number of benzene rings is 7. The molecule has 0 bridgehead atoms. The second kappa shape index (κ2) is 12.2. The van der Waals surface area contributed by atoms with Gasteiger partial charge in [0, 0.05) is 16.7 Å². The zero-order valence-electron chi connectivity index (χ0n) is 26.6. The van der Waals surface area contributed by atoms with Gasteiger partial charge in [0.2, 0.25) is 5.89 Å². The summed E-state index contributed by atoms with van der Waals surface area (Å²) in [6.07, 6.45) is 0. The fourth-order valence-corrected chi connectivity index (χ4v) is 6.76. The molecule has 0 aliphatic heterocycles. The molecule has 0 N–H and O–H groups in total. The fourth-order valence-electron chi connectivity index (χ4n) is 6.76. The molecule has 0 spiro atoms. The number of fused-ring (bicyclic) bond motifs is 2. The van der Waals surface area contributed by atoms with Crippen molar-refractivity contribution in [3.63, 3.8) is 0 Å². The van der Waals surface area contributed by atoms with Crippen molar-refractivity contribution >= 4 is 21.9 Å². The lowest BCUT2D eigenvalue weighted by atomic mass is 9.86. The molecule has 0 fully saturated rings. The van der Waals surface area contributed by atoms with Gasteiger partial charge in [-0.25, -0.2) is 9.97 Å². The van der Waals surface area contributed by atoms with E-state index in [4.69, 9.17) is 14.4 Å². The average molecular weight is 627 g/mol. The van der Waals surface area contributed by atoms with E-state index in [1.165, 1.54) is 10.8 Å². The molecule has 2 heterocycles. The molecule has 0 aliphatic rings. The number of hydrogen-bond donors (Lipinski definition) is 0. The minimum absolute atomic E-state index is 0.623. The molecular weight excluding hydrogens is 597 g/mol. The predicted octanol–water partition coefficient (Wildman–Crippen LogP) is 12.4. The molecule has 0 saturated heterocycles. The molecule has 0 amide bonds. The lowest BCUT2D eigenvalue weighted by Crippen LogP contribution is -1.94. The summed E-state index contributed by atoms with van der Waals surface area (Å²) in [6.45, 7) is 0. The maximum Gasteiger partial charge on any atom is 0.227 e. The van der Waals surface area contributed by atoms with E-state index in [0.29, 0.717) is 5.89 Å². The van der Waals surface area contributed by atoms with Crippen molar-refractivity contribution in [1.29, 1.82) is 0 Å². The molecule has 7 aromatic carbocycles. The van der Waals surface area contributed by atoms with Crippen molar-refractivity contribution in [2.45, 2.75) is 0 Å². The Morgan fingerprint density at radius 1 is 0.367 bits per heavy atom. The number of hydrogen-bond acceptors (Lipinski definition) is 3. The third kappa shape index (κ3) is 5.38. The maximum absolute atomic E-state index is 6.36. The Bertz CT molecular complexity index is 2530. The van der Waals surface area contributed by atoms with Crippen LogP contribution in [0.2, 0.25) is 0 Å². The van der Waals surface area contributed by atoms with E-state index in [1.807, 2.05) is 42.5 Å². The van der Waals surface area contributed by atoms with Crippen LogP contribution in [0.15, 0.2) is 186 Å². The van der Waals surface area contributed by atoms with Gasteiger partial charge in [-0.3, -0.25) is 0 Å². The number of oxazole rings is 1.